The molecule has 7 heteroatoms. The van der Waals surface area contributed by atoms with E-state index in [1.807, 2.05) is 37.3 Å². The van der Waals surface area contributed by atoms with E-state index in [-0.39, 0.29) is 5.91 Å². The maximum atomic E-state index is 12.2. The molecule has 1 amide bonds. The largest absolute Gasteiger partial charge is 0.440 e. The zero-order valence-corrected chi connectivity index (χ0v) is 16.7. The van der Waals surface area contributed by atoms with Gasteiger partial charge < -0.3 is 14.6 Å². The van der Waals surface area contributed by atoms with Gasteiger partial charge in [0.05, 0.1) is 15.1 Å². The summed E-state index contributed by atoms with van der Waals surface area (Å²) >= 11 is 4.88. The van der Waals surface area contributed by atoms with Crippen molar-refractivity contribution in [3.05, 3.63) is 51.0 Å². The van der Waals surface area contributed by atoms with E-state index < -0.39 is 0 Å². The molecule has 3 heterocycles. The molecule has 0 radical (unpaired) electrons. The number of amides is 1. The van der Waals surface area contributed by atoms with Crippen LogP contribution in [0, 0.1) is 6.92 Å². The lowest BCUT2D eigenvalue weighted by Gasteiger charge is -2.13. The molecule has 0 saturated carbocycles. The van der Waals surface area contributed by atoms with Gasteiger partial charge in [0.1, 0.15) is 5.76 Å². The van der Waals surface area contributed by atoms with E-state index >= 15 is 0 Å². The van der Waals surface area contributed by atoms with E-state index in [0.717, 1.165) is 34.7 Å². The molecule has 0 unspecified atom stereocenters. The number of carbonyl (C=O) groups excluding carboxylic acids is 1. The Bertz CT molecular complexity index is 913. The molecule has 2 aliphatic rings. The molecule has 5 nitrogen and oxygen atoms in total. The number of nitrogens with zero attached hydrogens (tertiary/aromatic N) is 2. The van der Waals surface area contributed by atoms with Crippen LogP contribution in [0.4, 0.5) is 11.6 Å². The third kappa shape index (κ3) is 3.73. The van der Waals surface area contributed by atoms with Gasteiger partial charge >= 0.3 is 0 Å². The summed E-state index contributed by atoms with van der Waals surface area (Å²) in [5.41, 5.74) is 1.96. The molecular formula is C19H18BrN3O2S. The number of halogens is 1. The van der Waals surface area contributed by atoms with Crippen LogP contribution in [0.5, 0.6) is 0 Å². The number of aryl methyl sites for hydroxylation is 1. The molecule has 2 fully saturated rings. The number of carbonyl (C=O) groups is 1. The van der Waals surface area contributed by atoms with Gasteiger partial charge in [0.25, 0.3) is 5.91 Å². The van der Waals surface area contributed by atoms with Gasteiger partial charge in [0.2, 0.25) is 5.88 Å². The van der Waals surface area contributed by atoms with Gasteiger partial charge in [0.15, 0.2) is 5.17 Å². The minimum Gasteiger partial charge on any atom is -0.440 e. The topological polar surface area (TPSA) is 57.8 Å². The SMILES string of the molecule is Cc1cccc(N=C2NC(=O)/C(=C/c3cc(Br)c(N4CCCC4)o3)S2)c1. The Kier molecular flexibility index (Phi) is 4.91. The van der Waals surface area contributed by atoms with E-state index in [1.54, 1.807) is 6.08 Å². The maximum absolute atomic E-state index is 12.2. The molecule has 26 heavy (non-hydrogen) atoms. The first-order valence-electron chi connectivity index (χ1n) is 8.49. The number of furan rings is 1. The molecule has 2 aromatic rings. The van der Waals surface area contributed by atoms with Crippen LogP contribution in [0.1, 0.15) is 24.2 Å². The fourth-order valence-electron chi connectivity index (χ4n) is 3.01. The van der Waals surface area contributed by atoms with Crippen LogP contribution in [0.2, 0.25) is 0 Å². The molecule has 1 aromatic heterocycles. The molecule has 0 spiro atoms. The maximum Gasteiger partial charge on any atom is 0.264 e. The van der Waals surface area contributed by atoms with Crippen LogP contribution in [0.3, 0.4) is 0 Å². The molecule has 2 saturated heterocycles. The average molecular weight is 432 g/mol. The van der Waals surface area contributed by atoms with E-state index in [4.69, 9.17) is 4.42 Å². The number of nitrogens with one attached hydrogen (secondary N) is 1. The van der Waals surface area contributed by atoms with Crippen molar-refractivity contribution < 1.29 is 9.21 Å². The average Bonchev–Trinajstić information content (AvgIpc) is 3.30. The Balaban J connectivity index is 1.55. The second-order valence-electron chi connectivity index (χ2n) is 6.32. The van der Waals surface area contributed by atoms with Gasteiger partial charge in [-0.05, 0) is 65.2 Å². The van der Waals surface area contributed by atoms with Crippen molar-refractivity contribution in [3.8, 4) is 0 Å². The summed E-state index contributed by atoms with van der Waals surface area (Å²) in [6.45, 7) is 4.03. The van der Waals surface area contributed by atoms with E-state index in [0.29, 0.717) is 15.8 Å². The molecule has 2 aliphatic heterocycles. The van der Waals surface area contributed by atoms with Crippen molar-refractivity contribution in [2.24, 2.45) is 4.99 Å². The van der Waals surface area contributed by atoms with Crippen molar-refractivity contribution in [2.75, 3.05) is 18.0 Å². The summed E-state index contributed by atoms with van der Waals surface area (Å²) < 4.78 is 6.87. The second-order valence-corrected chi connectivity index (χ2v) is 8.20. The van der Waals surface area contributed by atoms with Crippen LogP contribution < -0.4 is 10.2 Å². The Labute approximate surface area is 164 Å². The van der Waals surface area contributed by atoms with Crippen molar-refractivity contribution in [3.63, 3.8) is 0 Å². The molecule has 4 rings (SSSR count). The van der Waals surface area contributed by atoms with Crippen molar-refractivity contribution in [1.82, 2.24) is 5.32 Å². The standard InChI is InChI=1S/C19H18BrN3O2S/c1-12-5-4-6-13(9-12)21-19-22-17(24)16(26-19)11-14-10-15(20)18(25-14)23-7-2-3-8-23/h4-6,9-11H,2-3,7-8H2,1H3,(H,21,22,24)/b16-11-. The van der Waals surface area contributed by atoms with E-state index in [1.165, 1.54) is 24.6 Å². The first-order valence-corrected chi connectivity index (χ1v) is 10.1. The lowest BCUT2D eigenvalue weighted by Crippen LogP contribution is -2.19. The van der Waals surface area contributed by atoms with Gasteiger partial charge in [-0.25, -0.2) is 4.99 Å². The lowest BCUT2D eigenvalue weighted by atomic mass is 10.2. The quantitative estimate of drug-likeness (QED) is 0.706. The highest BCUT2D eigenvalue weighted by molar-refractivity contribution is 9.10. The number of rotatable bonds is 3. The fourth-order valence-corrected chi connectivity index (χ4v) is 4.39. The highest BCUT2D eigenvalue weighted by Crippen LogP contribution is 2.35. The predicted molar refractivity (Wildman–Crippen MR) is 110 cm³/mol. The highest BCUT2D eigenvalue weighted by Gasteiger charge is 2.25. The van der Waals surface area contributed by atoms with E-state index in [9.17, 15) is 4.79 Å². The summed E-state index contributed by atoms with van der Waals surface area (Å²) in [5, 5.41) is 3.39. The molecule has 134 valence electrons. The Hall–Kier alpha value is -1.99. The van der Waals surface area contributed by atoms with Crippen LogP contribution in [-0.4, -0.2) is 24.2 Å². The van der Waals surface area contributed by atoms with Crippen molar-refractivity contribution >= 4 is 56.4 Å². The van der Waals surface area contributed by atoms with Crippen molar-refractivity contribution in [2.45, 2.75) is 19.8 Å². The zero-order chi connectivity index (χ0) is 18.1. The first kappa shape index (κ1) is 17.4. The Morgan fingerprint density at radius 2 is 2.12 bits per heavy atom. The van der Waals surface area contributed by atoms with Gasteiger partial charge in [0, 0.05) is 25.2 Å². The predicted octanol–water partition coefficient (Wildman–Crippen LogP) is 4.84. The van der Waals surface area contributed by atoms with Crippen LogP contribution in [0.15, 0.2) is 49.1 Å². The van der Waals surface area contributed by atoms with Gasteiger partial charge in [-0.15, -0.1) is 0 Å². The lowest BCUT2D eigenvalue weighted by molar-refractivity contribution is -0.115. The van der Waals surface area contributed by atoms with Gasteiger partial charge in [-0.2, -0.15) is 0 Å². The molecule has 0 bridgehead atoms. The number of amidine groups is 1. The first-order chi connectivity index (χ1) is 12.6. The monoisotopic (exact) mass is 431 g/mol. The van der Waals surface area contributed by atoms with Gasteiger partial charge in [-0.1, -0.05) is 12.1 Å². The number of aliphatic imine (C=N–C) groups is 1. The van der Waals surface area contributed by atoms with Crippen LogP contribution in [-0.2, 0) is 4.79 Å². The molecular weight excluding hydrogens is 414 g/mol. The minimum absolute atomic E-state index is 0.156. The number of anilines is 1. The second kappa shape index (κ2) is 7.32. The Morgan fingerprint density at radius 3 is 2.88 bits per heavy atom. The number of hydrogen-bond acceptors (Lipinski definition) is 5. The molecule has 0 atom stereocenters. The third-order valence-corrected chi connectivity index (χ3v) is 5.72. The summed E-state index contributed by atoms with van der Waals surface area (Å²) in [4.78, 5) is 19.6. The number of hydrogen-bond donors (Lipinski definition) is 1. The van der Waals surface area contributed by atoms with Crippen LogP contribution in [0.25, 0.3) is 6.08 Å². The summed E-state index contributed by atoms with van der Waals surface area (Å²) in [6, 6.07) is 9.77. The molecule has 0 aliphatic carbocycles. The third-order valence-electron chi connectivity index (χ3n) is 4.24. The number of benzene rings is 1. The van der Waals surface area contributed by atoms with Gasteiger partial charge in [-0.3, -0.25) is 4.79 Å². The molecule has 1 aromatic carbocycles. The Morgan fingerprint density at radius 1 is 1.31 bits per heavy atom. The normalized spacial score (nSPS) is 20.4. The highest BCUT2D eigenvalue weighted by atomic mass is 79.9. The minimum atomic E-state index is -0.156. The molecule has 1 N–H and O–H groups in total. The number of thioether (sulfide) groups is 1. The zero-order valence-electron chi connectivity index (χ0n) is 14.3. The van der Waals surface area contributed by atoms with Crippen LogP contribution >= 0.6 is 27.7 Å². The summed E-state index contributed by atoms with van der Waals surface area (Å²) in [6.07, 6.45) is 4.13. The smallest absolute Gasteiger partial charge is 0.264 e. The fraction of sp³-hybridized carbons (Fsp3) is 0.263. The van der Waals surface area contributed by atoms with E-state index in [2.05, 4.69) is 31.1 Å². The summed E-state index contributed by atoms with van der Waals surface area (Å²) in [5.74, 6) is 1.34. The van der Waals surface area contributed by atoms with Crippen molar-refractivity contribution in [1.29, 1.82) is 0 Å². The summed E-state index contributed by atoms with van der Waals surface area (Å²) in [7, 11) is 0.